The van der Waals surface area contributed by atoms with Crippen molar-refractivity contribution in [3.05, 3.63) is 66.7 Å². The maximum absolute atomic E-state index is 4.71. The molecule has 0 aliphatic heterocycles. The van der Waals surface area contributed by atoms with Crippen LogP contribution < -0.4 is 4.90 Å². The quantitative estimate of drug-likeness (QED) is 0.420. The van der Waals surface area contributed by atoms with Gasteiger partial charge in [0.1, 0.15) is 5.69 Å². The van der Waals surface area contributed by atoms with E-state index in [1.54, 1.807) is 0 Å². The first-order valence-electron chi connectivity index (χ1n) is 9.82. The van der Waals surface area contributed by atoms with Crippen molar-refractivity contribution in [1.82, 2.24) is 10.2 Å². The van der Waals surface area contributed by atoms with E-state index in [1.807, 2.05) is 0 Å². The third kappa shape index (κ3) is 3.25. The molecule has 0 saturated heterocycles. The highest BCUT2D eigenvalue weighted by atomic mass is 15.3. The molecule has 0 radical (unpaired) electrons. The zero-order valence-electron chi connectivity index (χ0n) is 16.0. The lowest BCUT2D eigenvalue weighted by molar-refractivity contribution is 0.721. The molecule has 3 heteroatoms. The van der Waals surface area contributed by atoms with Crippen LogP contribution in [-0.2, 0) is 0 Å². The highest BCUT2D eigenvalue weighted by molar-refractivity contribution is 6.06. The first-order chi connectivity index (χ1) is 13.3. The van der Waals surface area contributed by atoms with E-state index in [4.69, 9.17) is 10.2 Å². The van der Waals surface area contributed by atoms with Crippen LogP contribution in [0.2, 0.25) is 0 Å². The molecule has 3 aromatic carbocycles. The van der Waals surface area contributed by atoms with E-state index in [9.17, 15) is 0 Å². The molecule has 0 unspecified atom stereocenters. The Labute approximate surface area is 160 Å². The minimum atomic E-state index is 0.937. The van der Waals surface area contributed by atoms with Crippen LogP contribution in [0.4, 0.5) is 5.82 Å². The number of anilines is 1. The summed E-state index contributed by atoms with van der Waals surface area (Å²) in [6.07, 6.45) is 2.34. The summed E-state index contributed by atoms with van der Waals surface area (Å²) in [6.45, 7) is 6.36. The standard InChI is InChI=1S/C24H25N3/c1-3-5-17-27(4-2)24-22-15-9-8-14-21(22)23(25-26-24)20-16-10-12-18-11-6-7-13-19(18)20/h6-16H,3-5,17H2,1-2H3. The first kappa shape index (κ1) is 17.5. The van der Waals surface area contributed by atoms with Crippen LogP contribution in [0.3, 0.4) is 0 Å². The molecule has 27 heavy (non-hydrogen) atoms. The van der Waals surface area contributed by atoms with Crippen LogP contribution in [0.25, 0.3) is 32.8 Å². The number of hydrogen-bond acceptors (Lipinski definition) is 3. The molecular weight excluding hydrogens is 330 g/mol. The Hall–Kier alpha value is -2.94. The fraction of sp³-hybridized carbons (Fsp3) is 0.250. The van der Waals surface area contributed by atoms with Gasteiger partial charge in [-0.2, -0.15) is 0 Å². The van der Waals surface area contributed by atoms with Gasteiger partial charge in [0.25, 0.3) is 0 Å². The summed E-state index contributed by atoms with van der Waals surface area (Å²) in [6, 6.07) is 23.4. The average molecular weight is 355 g/mol. The summed E-state index contributed by atoms with van der Waals surface area (Å²) >= 11 is 0. The minimum absolute atomic E-state index is 0.937. The van der Waals surface area contributed by atoms with Gasteiger partial charge in [-0.25, -0.2) is 0 Å². The lowest BCUT2D eigenvalue weighted by atomic mass is 9.98. The third-order valence-corrected chi connectivity index (χ3v) is 5.18. The van der Waals surface area contributed by atoms with Crippen molar-refractivity contribution in [2.75, 3.05) is 18.0 Å². The smallest absolute Gasteiger partial charge is 0.159 e. The summed E-state index contributed by atoms with van der Waals surface area (Å²) in [5.41, 5.74) is 2.10. The van der Waals surface area contributed by atoms with Gasteiger partial charge >= 0.3 is 0 Å². The van der Waals surface area contributed by atoms with Crippen LogP contribution in [0.15, 0.2) is 66.7 Å². The molecule has 0 amide bonds. The fourth-order valence-corrected chi connectivity index (χ4v) is 3.72. The Kier molecular flexibility index (Phi) is 5.01. The molecule has 0 aliphatic rings. The number of aromatic nitrogens is 2. The highest BCUT2D eigenvalue weighted by Gasteiger charge is 2.16. The third-order valence-electron chi connectivity index (χ3n) is 5.18. The van der Waals surface area contributed by atoms with Gasteiger partial charge in [0.15, 0.2) is 5.82 Å². The van der Waals surface area contributed by atoms with Gasteiger partial charge < -0.3 is 4.90 Å². The molecule has 1 heterocycles. The Morgan fingerprint density at radius 3 is 2.22 bits per heavy atom. The van der Waals surface area contributed by atoms with Crippen molar-refractivity contribution in [2.45, 2.75) is 26.7 Å². The van der Waals surface area contributed by atoms with Crippen molar-refractivity contribution in [1.29, 1.82) is 0 Å². The molecule has 0 aliphatic carbocycles. The van der Waals surface area contributed by atoms with Crippen molar-refractivity contribution >= 4 is 27.4 Å². The molecular formula is C24H25N3. The summed E-state index contributed by atoms with van der Waals surface area (Å²) in [5, 5.41) is 14.2. The fourth-order valence-electron chi connectivity index (χ4n) is 3.72. The summed E-state index contributed by atoms with van der Waals surface area (Å²) in [4.78, 5) is 2.34. The number of fused-ring (bicyclic) bond motifs is 2. The first-order valence-corrected chi connectivity index (χ1v) is 9.82. The lowest BCUT2D eigenvalue weighted by Crippen LogP contribution is -2.25. The van der Waals surface area contributed by atoms with Crippen LogP contribution >= 0.6 is 0 Å². The second-order valence-electron chi connectivity index (χ2n) is 6.88. The van der Waals surface area contributed by atoms with Crippen LogP contribution in [0.1, 0.15) is 26.7 Å². The number of unbranched alkanes of at least 4 members (excludes halogenated alkanes) is 1. The predicted octanol–water partition coefficient (Wildman–Crippen LogP) is 6.08. The van der Waals surface area contributed by atoms with Gasteiger partial charge in [0.2, 0.25) is 0 Å². The lowest BCUT2D eigenvalue weighted by Gasteiger charge is -2.23. The molecule has 0 fully saturated rings. The molecule has 3 nitrogen and oxygen atoms in total. The SMILES string of the molecule is CCCCN(CC)c1nnc(-c2cccc3ccccc23)c2ccccc12. The van der Waals surface area contributed by atoms with Crippen molar-refractivity contribution in [3.8, 4) is 11.3 Å². The van der Waals surface area contributed by atoms with Crippen molar-refractivity contribution < 1.29 is 0 Å². The van der Waals surface area contributed by atoms with Gasteiger partial charge in [-0.1, -0.05) is 80.1 Å². The van der Waals surface area contributed by atoms with Gasteiger partial charge in [-0.3, -0.25) is 0 Å². The maximum Gasteiger partial charge on any atom is 0.159 e. The van der Waals surface area contributed by atoms with Gasteiger partial charge in [0, 0.05) is 29.4 Å². The average Bonchev–Trinajstić information content (AvgIpc) is 2.74. The monoisotopic (exact) mass is 355 g/mol. The Bertz CT molecular complexity index is 1070. The molecule has 4 aromatic rings. The second-order valence-corrected chi connectivity index (χ2v) is 6.88. The van der Waals surface area contributed by atoms with Gasteiger partial charge in [0.05, 0.1) is 0 Å². The molecule has 4 rings (SSSR count). The zero-order valence-corrected chi connectivity index (χ0v) is 16.0. The molecule has 0 bridgehead atoms. The zero-order chi connectivity index (χ0) is 18.6. The minimum Gasteiger partial charge on any atom is -0.355 e. The Balaban J connectivity index is 1.92. The number of hydrogen-bond donors (Lipinski definition) is 0. The Morgan fingerprint density at radius 1 is 0.741 bits per heavy atom. The number of rotatable bonds is 6. The number of benzene rings is 3. The maximum atomic E-state index is 4.71. The second kappa shape index (κ2) is 7.75. The molecule has 0 atom stereocenters. The predicted molar refractivity (Wildman–Crippen MR) is 115 cm³/mol. The summed E-state index contributed by atoms with van der Waals surface area (Å²) in [7, 11) is 0. The molecule has 136 valence electrons. The van der Waals surface area contributed by atoms with E-state index < -0.39 is 0 Å². The Morgan fingerprint density at radius 2 is 1.44 bits per heavy atom. The van der Waals surface area contributed by atoms with Crippen molar-refractivity contribution in [2.24, 2.45) is 0 Å². The van der Waals surface area contributed by atoms with Crippen LogP contribution in [0, 0.1) is 0 Å². The number of nitrogens with zero attached hydrogens (tertiary/aromatic N) is 3. The summed E-state index contributed by atoms with van der Waals surface area (Å²) in [5.74, 6) is 0.991. The molecule has 1 aromatic heterocycles. The van der Waals surface area contributed by atoms with E-state index in [0.29, 0.717) is 0 Å². The van der Waals surface area contributed by atoms with Crippen molar-refractivity contribution in [3.63, 3.8) is 0 Å². The topological polar surface area (TPSA) is 29.0 Å². The largest absolute Gasteiger partial charge is 0.355 e. The molecule has 0 spiro atoms. The van der Waals surface area contributed by atoms with E-state index in [2.05, 4.69) is 85.5 Å². The van der Waals surface area contributed by atoms with Gasteiger partial charge in [-0.15, -0.1) is 10.2 Å². The van der Waals surface area contributed by atoms with Gasteiger partial charge in [-0.05, 0) is 24.1 Å². The molecule has 0 saturated carbocycles. The molecule has 0 N–H and O–H groups in total. The van der Waals surface area contributed by atoms with E-state index >= 15 is 0 Å². The summed E-state index contributed by atoms with van der Waals surface area (Å²) < 4.78 is 0. The normalized spacial score (nSPS) is 11.2. The van der Waals surface area contributed by atoms with E-state index in [0.717, 1.165) is 42.0 Å². The van der Waals surface area contributed by atoms with Crippen LogP contribution in [-0.4, -0.2) is 23.3 Å². The van der Waals surface area contributed by atoms with E-state index in [1.165, 1.54) is 22.6 Å². The van der Waals surface area contributed by atoms with Crippen LogP contribution in [0.5, 0.6) is 0 Å². The highest BCUT2D eigenvalue weighted by Crippen LogP contribution is 2.34. The van der Waals surface area contributed by atoms with E-state index in [-0.39, 0.29) is 0 Å².